The molecule has 0 atom stereocenters. The lowest BCUT2D eigenvalue weighted by atomic mass is 10.1. The molecule has 0 N–H and O–H groups in total. The van der Waals surface area contributed by atoms with E-state index >= 15 is 0 Å². The van der Waals surface area contributed by atoms with Crippen LogP contribution in [-0.2, 0) is 0 Å². The van der Waals surface area contributed by atoms with Gasteiger partial charge in [0.15, 0.2) is 0 Å². The first-order chi connectivity index (χ1) is 11.6. The van der Waals surface area contributed by atoms with Gasteiger partial charge in [0.1, 0.15) is 0 Å². The fraction of sp³-hybridized carbons (Fsp3) is 0.913. The Bertz CT molecular complexity index is 267. The average Bonchev–Trinajstić information content (AvgIpc) is 2.54. The smallest absolute Gasteiger partial charge is 0.0782 e. The summed E-state index contributed by atoms with van der Waals surface area (Å²) in [7, 11) is 4.75. The van der Waals surface area contributed by atoms with Gasteiger partial charge in [0.05, 0.1) is 27.2 Å². The van der Waals surface area contributed by atoms with Gasteiger partial charge in [0.25, 0.3) is 0 Å². The van der Waals surface area contributed by atoms with Crippen molar-refractivity contribution in [1.82, 2.24) is 0 Å². The maximum absolute atomic E-state index is 2.43. The molecular formula is C23H48N+. The van der Waals surface area contributed by atoms with Gasteiger partial charge in [-0.1, -0.05) is 77.4 Å². The van der Waals surface area contributed by atoms with Crippen molar-refractivity contribution < 1.29 is 4.48 Å². The van der Waals surface area contributed by atoms with Gasteiger partial charge in [-0.25, -0.2) is 0 Å². The molecule has 0 aromatic rings. The molecular weight excluding hydrogens is 290 g/mol. The van der Waals surface area contributed by atoms with Crippen molar-refractivity contribution in [2.45, 2.75) is 110 Å². The van der Waals surface area contributed by atoms with Gasteiger partial charge < -0.3 is 4.48 Å². The lowest BCUT2D eigenvalue weighted by Gasteiger charge is -2.29. The molecule has 0 amide bonds. The summed E-state index contributed by atoms with van der Waals surface area (Å²) in [5.74, 6) is 0. The van der Waals surface area contributed by atoms with Gasteiger partial charge in [0.2, 0.25) is 0 Å². The van der Waals surface area contributed by atoms with E-state index in [0.717, 1.165) is 0 Å². The first-order valence-corrected chi connectivity index (χ1v) is 11.1. The third-order valence-corrected chi connectivity index (χ3v) is 5.10. The number of unbranched alkanes of at least 4 members (excludes halogenated alkanes) is 12. The molecule has 0 aliphatic carbocycles. The van der Waals surface area contributed by atoms with Crippen LogP contribution >= 0.6 is 0 Å². The summed E-state index contributed by atoms with van der Waals surface area (Å²) in [6.45, 7) is 7.26. The van der Waals surface area contributed by atoms with E-state index in [9.17, 15) is 0 Å². The lowest BCUT2D eigenvalue weighted by molar-refractivity contribution is -0.890. The molecule has 0 aromatic carbocycles. The van der Waals surface area contributed by atoms with Gasteiger partial charge in [0, 0.05) is 0 Å². The number of hydrogen-bond donors (Lipinski definition) is 0. The Kier molecular flexibility index (Phi) is 17.3. The van der Waals surface area contributed by atoms with E-state index in [1.807, 2.05) is 0 Å². The standard InChI is InChI=1S/C23H48N/c1-5-7-8-9-10-11-12-13-14-15-16-17-18-19-20-21-23-24(3,4)22-6-2/h13-14H,5-12,15-23H2,1-4H3/q+1/b14-13-. The molecule has 0 fully saturated rings. The summed E-state index contributed by atoms with van der Waals surface area (Å²) >= 11 is 0. The molecule has 0 spiro atoms. The van der Waals surface area contributed by atoms with Crippen LogP contribution in [0.5, 0.6) is 0 Å². The van der Waals surface area contributed by atoms with E-state index in [0.29, 0.717) is 0 Å². The summed E-state index contributed by atoms with van der Waals surface area (Å²) < 4.78 is 1.21. The van der Waals surface area contributed by atoms with Crippen molar-refractivity contribution in [3.8, 4) is 0 Å². The first kappa shape index (κ1) is 23.7. The molecule has 0 saturated heterocycles. The minimum Gasteiger partial charge on any atom is -0.328 e. The number of nitrogens with zero attached hydrogens (tertiary/aromatic N) is 1. The first-order valence-electron chi connectivity index (χ1n) is 11.1. The maximum Gasteiger partial charge on any atom is 0.0782 e. The van der Waals surface area contributed by atoms with E-state index in [1.54, 1.807) is 0 Å². The highest BCUT2D eigenvalue weighted by atomic mass is 15.3. The van der Waals surface area contributed by atoms with Crippen molar-refractivity contribution in [2.24, 2.45) is 0 Å². The van der Waals surface area contributed by atoms with Crippen LogP contribution in [0.3, 0.4) is 0 Å². The largest absolute Gasteiger partial charge is 0.328 e. The van der Waals surface area contributed by atoms with E-state index in [-0.39, 0.29) is 0 Å². The van der Waals surface area contributed by atoms with Crippen LogP contribution in [0.4, 0.5) is 0 Å². The van der Waals surface area contributed by atoms with E-state index in [4.69, 9.17) is 0 Å². The minimum absolute atomic E-state index is 1.21. The summed E-state index contributed by atoms with van der Waals surface area (Å²) in [6.07, 6.45) is 25.8. The topological polar surface area (TPSA) is 0 Å². The van der Waals surface area contributed by atoms with Gasteiger partial charge in [-0.15, -0.1) is 0 Å². The van der Waals surface area contributed by atoms with Crippen LogP contribution in [-0.4, -0.2) is 31.7 Å². The third-order valence-electron chi connectivity index (χ3n) is 5.10. The molecule has 144 valence electrons. The van der Waals surface area contributed by atoms with Crippen molar-refractivity contribution in [1.29, 1.82) is 0 Å². The predicted molar refractivity (Wildman–Crippen MR) is 112 cm³/mol. The summed E-state index contributed by atoms with van der Waals surface area (Å²) in [5.41, 5.74) is 0. The number of rotatable bonds is 18. The van der Waals surface area contributed by atoms with Crippen LogP contribution in [0, 0.1) is 0 Å². The molecule has 0 aromatic heterocycles. The molecule has 0 unspecified atom stereocenters. The Morgan fingerprint density at radius 3 is 1.46 bits per heavy atom. The summed E-state index contributed by atoms with van der Waals surface area (Å²) in [5, 5.41) is 0. The average molecular weight is 339 g/mol. The zero-order valence-electron chi connectivity index (χ0n) is 17.6. The quantitative estimate of drug-likeness (QED) is 0.138. The highest BCUT2D eigenvalue weighted by Gasteiger charge is 2.11. The highest BCUT2D eigenvalue weighted by Crippen LogP contribution is 2.11. The van der Waals surface area contributed by atoms with Crippen molar-refractivity contribution in [3.63, 3.8) is 0 Å². The molecule has 0 rings (SSSR count). The molecule has 0 radical (unpaired) electrons. The number of allylic oxidation sites excluding steroid dienone is 2. The van der Waals surface area contributed by atoms with Crippen LogP contribution in [0.15, 0.2) is 12.2 Å². The van der Waals surface area contributed by atoms with E-state index in [1.165, 1.54) is 114 Å². The molecule has 24 heavy (non-hydrogen) atoms. The summed E-state index contributed by atoms with van der Waals surface area (Å²) in [4.78, 5) is 0. The second-order valence-electron chi connectivity index (χ2n) is 8.32. The fourth-order valence-electron chi connectivity index (χ4n) is 3.50. The lowest BCUT2D eigenvalue weighted by Crippen LogP contribution is -2.40. The molecule has 0 aliphatic rings. The van der Waals surface area contributed by atoms with E-state index in [2.05, 4.69) is 40.1 Å². The predicted octanol–water partition coefficient (Wildman–Crippen LogP) is 7.51. The Hall–Kier alpha value is -0.300. The van der Waals surface area contributed by atoms with Gasteiger partial charge in [-0.05, 0) is 44.9 Å². The van der Waals surface area contributed by atoms with Crippen LogP contribution in [0.1, 0.15) is 110 Å². The number of hydrogen-bond acceptors (Lipinski definition) is 0. The minimum atomic E-state index is 1.21. The molecule has 0 heterocycles. The van der Waals surface area contributed by atoms with Crippen molar-refractivity contribution >= 4 is 0 Å². The second kappa shape index (κ2) is 17.5. The molecule has 0 bridgehead atoms. The highest BCUT2D eigenvalue weighted by molar-refractivity contribution is 4.81. The van der Waals surface area contributed by atoms with Crippen molar-refractivity contribution in [3.05, 3.63) is 12.2 Å². The Morgan fingerprint density at radius 1 is 0.500 bits per heavy atom. The zero-order chi connectivity index (χ0) is 17.9. The summed E-state index contributed by atoms with van der Waals surface area (Å²) in [6, 6.07) is 0. The fourth-order valence-corrected chi connectivity index (χ4v) is 3.50. The van der Waals surface area contributed by atoms with Crippen molar-refractivity contribution in [2.75, 3.05) is 27.2 Å². The zero-order valence-corrected chi connectivity index (χ0v) is 17.6. The molecule has 0 aliphatic heterocycles. The third kappa shape index (κ3) is 18.0. The second-order valence-corrected chi connectivity index (χ2v) is 8.32. The Balaban J connectivity index is 3.21. The SMILES string of the molecule is CCCCCCCC/C=C\CCCCCCCC[N+](C)(C)CCC. The normalized spacial score (nSPS) is 12.3. The van der Waals surface area contributed by atoms with Gasteiger partial charge in [-0.2, -0.15) is 0 Å². The Labute approximate surface area is 154 Å². The Morgan fingerprint density at radius 2 is 0.958 bits per heavy atom. The maximum atomic E-state index is 2.43. The monoisotopic (exact) mass is 338 g/mol. The van der Waals surface area contributed by atoms with Gasteiger partial charge >= 0.3 is 0 Å². The molecule has 0 saturated carbocycles. The van der Waals surface area contributed by atoms with Gasteiger partial charge in [-0.3, -0.25) is 0 Å². The van der Waals surface area contributed by atoms with Crippen LogP contribution < -0.4 is 0 Å². The van der Waals surface area contributed by atoms with Crippen LogP contribution in [0.2, 0.25) is 0 Å². The molecule has 1 heteroatoms. The van der Waals surface area contributed by atoms with Crippen LogP contribution in [0.25, 0.3) is 0 Å². The van der Waals surface area contributed by atoms with E-state index < -0.39 is 0 Å². The number of quaternary nitrogens is 1. The molecule has 1 nitrogen and oxygen atoms in total.